The molecule has 0 aromatic heterocycles. The maximum atomic E-state index is 11.2. The number of hydrazine groups is 1. The van der Waals surface area contributed by atoms with Crippen LogP contribution in [0.1, 0.15) is 17.3 Å². The highest BCUT2D eigenvalue weighted by molar-refractivity contribution is 14.2. The summed E-state index contributed by atoms with van der Waals surface area (Å²) in [5.74, 6) is 5.43. The van der Waals surface area contributed by atoms with Gasteiger partial charge in [-0.15, -0.1) is 0 Å². The van der Waals surface area contributed by atoms with Gasteiger partial charge in [0.1, 0.15) is 13.3 Å². The maximum Gasteiger partial charge on any atom is 0.265 e. The standard InChI is InChI=1S/C10H13BIN2O2P/c1-7(17(11)12)6-16-9-4-2-8(3-5-9)10(15)14-13/h2-5,7H,6,13H2,1H3,(H,14,15). The molecule has 0 spiro atoms. The fraction of sp³-hybridized carbons (Fsp3) is 0.300. The number of benzene rings is 1. The second-order valence-corrected chi connectivity index (χ2v) is 8.41. The molecule has 1 rings (SSSR count). The first kappa shape index (κ1) is 14.7. The molecule has 17 heavy (non-hydrogen) atoms. The van der Waals surface area contributed by atoms with Crippen molar-refractivity contribution in [2.75, 3.05) is 6.61 Å². The van der Waals surface area contributed by atoms with E-state index in [4.69, 9.17) is 18.1 Å². The molecule has 4 nitrogen and oxygen atoms in total. The molecule has 0 saturated carbocycles. The Morgan fingerprint density at radius 1 is 1.59 bits per heavy atom. The van der Waals surface area contributed by atoms with Gasteiger partial charge >= 0.3 is 0 Å². The van der Waals surface area contributed by atoms with Crippen LogP contribution in [0.25, 0.3) is 0 Å². The van der Waals surface area contributed by atoms with Gasteiger partial charge in [0.15, 0.2) is 0 Å². The van der Waals surface area contributed by atoms with Crippen LogP contribution in [-0.2, 0) is 0 Å². The summed E-state index contributed by atoms with van der Waals surface area (Å²) in [6.07, 6.45) is 0. The molecule has 90 valence electrons. The van der Waals surface area contributed by atoms with E-state index in [1.807, 2.05) is 6.92 Å². The van der Waals surface area contributed by atoms with Crippen LogP contribution in [0.5, 0.6) is 5.75 Å². The minimum atomic E-state index is -0.513. The fourth-order valence-corrected chi connectivity index (χ4v) is 1.77. The molecule has 0 fully saturated rings. The Labute approximate surface area is 116 Å². The van der Waals surface area contributed by atoms with Crippen molar-refractivity contribution in [3.05, 3.63) is 29.8 Å². The Morgan fingerprint density at radius 3 is 2.65 bits per heavy atom. The Hall–Kier alpha value is -0.325. The molecular formula is C10H13BIN2O2P. The lowest BCUT2D eigenvalue weighted by Crippen LogP contribution is -2.29. The number of hydrogen-bond donors (Lipinski definition) is 2. The summed E-state index contributed by atoms with van der Waals surface area (Å²) >= 11 is 2.23. The van der Waals surface area contributed by atoms with Gasteiger partial charge in [0.05, 0.1) is 6.61 Å². The lowest BCUT2D eigenvalue weighted by atomic mass is 10.2. The summed E-state index contributed by atoms with van der Waals surface area (Å²) in [6.45, 7) is 2.63. The molecule has 0 saturated heterocycles. The number of nitrogens with two attached hydrogens (primary N) is 1. The molecule has 0 aliphatic rings. The molecule has 3 N–H and O–H groups in total. The number of amides is 1. The van der Waals surface area contributed by atoms with E-state index >= 15 is 0 Å². The lowest BCUT2D eigenvalue weighted by Gasteiger charge is -2.15. The molecule has 7 heteroatoms. The first-order valence-corrected chi connectivity index (χ1v) is 9.24. The van der Waals surface area contributed by atoms with Crippen molar-refractivity contribution in [1.82, 2.24) is 5.43 Å². The quantitative estimate of drug-likeness (QED) is 0.210. The molecule has 0 aliphatic heterocycles. The molecular weight excluding hydrogens is 349 g/mol. The second kappa shape index (κ2) is 7.19. The van der Waals surface area contributed by atoms with Crippen LogP contribution in [0.2, 0.25) is 0 Å². The Balaban J connectivity index is 2.54. The number of carbonyl (C=O) groups is 1. The van der Waals surface area contributed by atoms with E-state index in [0.717, 1.165) is 5.75 Å². The summed E-state index contributed by atoms with van der Waals surface area (Å²) in [5, 5.41) is 0. The van der Waals surface area contributed by atoms with E-state index in [9.17, 15) is 4.79 Å². The second-order valence-electron chi connectivity index (χ2n) is 3.50. The molecule has 2 atom stereocenters. The zero-order valence-electron chi connectivity index (χ0n) is 9.39. The average Bonchev–Trinajstić information content (AvgIpc) is 2.35. The van der Waals surface area contributed by atoms with Gasteiger partial charge in [-0.05, 0) is 24.3 Å². The van der Waals surface area contributed by atoms with Crippen LogP contribution in [0, 0.1) is 0 Å². The lowest BCUT2D eigenvalue weighted by molar-refractivity contribution is 0.0953. The van der Waals surface area contributed by atoms with Crippen LogP contribution < -0.4 is 16.0 Å². The predicted molar refractivity (Wildman–Crippen MR) is 79.7 cm³/mol. The Kier molecular flexibility index (Phi) is 6.23. The van der Waals surface area contributed by atoms with E-state index in [-0.39, 0.29) is 5.91 Å². The molecule has 2 unspecified atom stereocenters. The topological polar surface area (TPSA) is 64.3 Å². The number of hydrogen-bond acceptors (Lipinski definition) is 3. The summed E-state index contributed by atoms with van der Waals surface area (Å²) in [6, 6.07) is 6.81. The minimum absolute atomic E-state index is 0.317. The van der Waals surface area contributed by atoms with E-state index < -0.39 is 5.44 Å². The number of rotatable bonds is 5. The molecule has 1 aromatic carbocycles. The molecule has 0 heterocycles. The van der Waals surface area contributed by atoms with Gasteiger partial charge in [-0.25, -0.2) is 5.84 Å². The van der Waals surface area contributed by atoms with Crippen LogP contribution in [0.4, 0.5) is 0 Å². The van der Waals surface area contributed by atoms with E-state index in [1.165, 1.54) is 0 Å². The van der Waals surface area contributed by atoms with Crippen molar-refractivity contribution in [3.8, 4) is 5.75 Å². The summed E-state index contributed by atoms with van der Waals surface area (Å²) in [4.78, 5) is 11.2. The van der Waals surface area contributed by atoms with Crippen LogP contribution >= 0.6 is 27.5 Å². The highest BCUT2D eigenvalue weighted by Crippen LogP contribution is 2.44. The van der Waals surface area contributed by atoms with E-state index in [1.54, 1.807) is 24.3 Å². The normalized spacial score (nSPS) is 13.8. The van der Waals surface area contributed by atoms with Crippen molar-refractivity contribution in [2.45, 2.75) is 12.6 Å². The number of nitrogen functional groups attached to an aromatic ring is 1. The van der Waals surface area contributed by atoms with Crippen molar-refractivity contribution in [3.63, 3.8) is 0 Å². The smallest absolute Gasteiger partial charge is 0.265 e. The van der Waals surface area contributed by atoms with Gasteiger partial charge in [0.25, 0.3) is 5.91 Å². The van der Waals surface area contributed by atoms with E-state index in [0.29, 0.717) is 17.8 Å². The SMILES string of the molecule is [B]P(I)C(C)COc1ccc(C(=O)NN)cc1. The van der Waals surface area contributed by atoms with Crippen molar-refractivity contribution in [2.24, 2.45) is 5.84 Å². The largest absolute Gasteiger partial charge is 0.493 e. The van der Waals surface area contributed by atoms with Crippen molar-refractivity contribution < 1.29 is 9.53 Å². The molecule has 1 aromatic rings. The highest BCUT2D eigenvalue weighted by Gasteiger charge is 2.08. The molecule has 0 bridgehead atoms. The van der Waals surface area contributed by atoms with Crippen LogP contribution in [-0.4, -0.2) is 25.7 Å². The Bertz CT molecular complexity index is 375. The third-order valence-corrected chi connectivity index (χ3v) is 6.00. The van der Waals surface area contributed by atoms with Crippen LogP contribution in [0.3, 0.4) is 0 Å². The first-order valence-electron chi connectivity index (χ1n) is 4.98. The van der Waals surface area contributed by atoms with Gasteiger partial charge in [-0.2, -0.15) is 0 Å². The predicted octanol–water partition coefficient (Wildman–Crippen LogP) is 1.97. The third kappa shape index (κ3) is 4.81. The van der Waals surface area contributed by atoms with Crippen molar-refractivity contribution >= 4 is 41.0 Å². The molecule has 0 aliphatic carbocycles. The number of halogens is 1. The third-order valence-electron chi connectivity index (χ3n) is 2.16. The Morgan fingerprint density at radius 2 is 2.18 bits per heavy atom. The average molecular weight is 362 g/mol. The van der Waals surface area contributed by atoms with Gasteiger partial charge in [0, 0.05) is 11.2 Å². The minimum Gasteiger partial charge on any atom is -0.493 e. The van der Waals surface area contributed by atoms with E-state index in [2.05, 4.69) is 27.5 Å². The first-order chi connectivity index (χ1) is 8.04. The number of ether oxygens (including phenoxy) is 1. The fourth-order valence-electron chi connectivity index (χ4n) is 1.07. The highest BCUT2D eigenvalue weighted by atomic mass is 127. The van der Waals surface area contributed by atoms with Crippen LogP contribution in [0.15, 0.2) is 24.3 Å². The number of carbonyl (C=O) groups excluding carboxylic acids is 1. The summed E-state index contributed by atoms with van der Waals surface area (Å²) in [5.41, 5.74) is 2.39. The zero-order valence-corrected chi connectivity index (χ0v) is 12.4. The maximum absolute atomic E-state index is 11.2. The molecule has 2 radical (unpaired) electrons. The van der Waals surface area contributed by atoms with Gasteiger partial charge < -0.3 is 4.74 Å². The number of nitrogens with one attached hydrogen (secondary N) is 1. The monoisotopic (exact) mass is 362 g/mol. The van der Waals surface area contributed by atoms with Gasteiger partial charge in [0.2, 0.25) is 0 Å². The zero-order chi connectivity index (χ0) is 12.8. The van der Waals surface area contributed by atoms with Gasteiger partial charge in [-0.3, -0.25) is 10.2 Å². The summed E-state index contributed by atoms with van der Waals surface area (Å²) in [7, 11) is 5.79. The summed E-state index contributed by atoms with van der Waals surface area (Å²) < 4.78 is 5.57. The van der Waals surface area contributed by atoms with Gasteiger partial charge in [-0.1, -0.05) is 34.4 Å². The van der Waals surface area contributed by atoms with Crippen molar-refractivity contribution in [1.29, 1.82) is 0 Å². The molecule has 1 amide bonds.